The van der Waals surface area contributed by atoms with Gasteiger partial charge in [-0.05, 0) is 38.9 Å². The molecule has 0 spiro atoms. The van der Waals surface area contributed by atoms with Crippen LogP contribution in [0.15, 0.2) is 0 Å². The van der Waals surface area contributed by atoms with E-state index in [-0.39, 0.29) is 0 Å². The third kappa shape index (κ3) is 3.51. The summed E-state index contributed by atoms with van der Waals surface area (Å²) in [7, 11) is 0. The maximum atomic E-state index is 12.2. The molecule has 0 aromatic heterocycles. The van der Waals surface area contributed by atoms with Crippen molar-refractivity contribution in [1.82, 2.24) is 20.0 Å². The van der Waals surface area contributed by atoms with Crippen LogP contribution in [0.25, 0.3) is 0 Å². The predicted octanol–water partition coefficient (Wildman–Crippen LogP) is -0.0216. The molecule has 1 amide bonds. The fourth-order valence-electron chi connectivity index (χ4n) is 3.81. The van der Waals surface area contributed by atoms with E-state index in [2.05, 4.69) is 15.1 Å². The van der Waals surface area contributed by atoms with Crippen LogP contribution < -0.4 is 5.32 Å². The second kappa shape index (κ2) is 6.87. The molecule has 3 aliphatic heterocycles. The number of carbonyl (C=O) groups excluding carboxylic acids is 1. The average Bonchev–Trinajstić information content (AvgIpc) is 2.83. The average molecular weight is 280 g/mol. The van der Waals surface area contributed by atoms with Crippen LogP contribution >= 0.6 is 0 Å². The van der Waals surface area contributed by atoms with E-state index in [1.54, 1.807) is 0 Å². The number of piperazine rings is 1. The van der Waals surface area contributed by atoms with Crippen LogP contribution in [0, 0.1) is 0 Å². The Hall–Kier alpha value is -0.650. The van der Waals surface area contributed by atoms with Crippen LogP contribution in [0.4, 0.5) is 0 Å². The van der Waals surface area contributed by atoms with Crippen LogP contribution in [0.3, 0.4) is 0 Å². The van der Waals surface area contributed by atoms with Crippen LogP contribution in [0.5, 0.6) is 0 Å². The summed E-state index contributed by atoms with van der Waals surface area (Å²) < 4.78 is 0. The van der Waals surface area contributed by atoms with Gasteiger partial charge in [0, 0.05) is 51.7 Å². The first-order valence-electron chi connectivity index (χ1n) is 8.28. The highest BCUT2D eigenvalue weighted by atomic mass is 16.2. The number of fused-ring (bicyclic) bond motifs is 1. The molecule has 5 nitrogen and oxygen atoms in total. The summed E-state index contributed by atoms with van der Waals surface area (Å²) in [5.74, 6) is 0.346. The molecular formula is C15H28N4O. The van der Waals surface area contributed by atoms with E-state index >= 15 is 0 Å². The first-order chi connectivity index (χ1) is 9.83. The first-order valence-corrected chi connectivity index (χ1v) is 8.28. The zero-order chi connectivity index (χ0) is 13.8. The monoisotopic (exact) mass is 280 g/mol. The van der Waals surface area contributed by atoms with Crippen molar-refractivity contribution in [3.63, 3.8) is 0 Å². The molecule has 1 unspecified atom stereocenters. The molecule has 20 heavy (non-hydrogen) atoms. The Morgan fingerprint density at radius 2 is 1.85 bits per heavy atom. The molecule has 3 heterocycles. The minimum absolute atomic E-state index is 0.346. The van der Waals surface area contributed by atoms with Crippen LogP contribution in [-0.4, -0.2) is 85.6 Å². The molecule has 0 aliphatic carbocycles. The van der Waals surface area contributed by atoms with E-state index in [4.69, 9.17) is 0 Å². The maximum Gasteiger partial charge on any atom is 0.223 e. The molecule has 0 aromatic carbocycles. The molecule has 3 rings (SSSR count). The Bertz CT molecular complexity index is 330. The van der Waals surface area contributed by atoms with Crippen molar-refractivity contribution in [2.24, 2.45) is 0 Å². The molecule has 114 valence electrons. The van der Waals surface area contributed by atoms with Gasteiger partial charge in [0.2, 0.25) is 5.91 Å². The lowest BCUT2D eigenvalue weighted by atomic mass is 10.2. The minimum atomic E-state index is 0.346. The van der Waals surface area contributed by atoms with Crippen molar-refractivity contribution in [1.29, 1.82) is 0 Å². The van der Waals surface area contributed by atoms with Gasteiger partial charge in [-0.3, -0.25) is 9.69 Å². The molecule has 3 fully saturated rings. The predicted molar refractivity (Wildman–Crippen MR) is 79.7 cm³/mol. The second-order valence-electron chi connectivity index (χ2n) is 6.37. The van der Waals surface area contributed by atoms with Gasteiger partial charge in [-0.1, -0.05) is 0 Å². The van der Waals surface area contributed by atoms with Crippen LogP contribution in [0.2, 0.25) is 0 Å². The molecule has 0 aromatic rings. The second-order valence-corrected chi connectivity index (χ2v) is 6.37. The Morgan fingerprint density at radius 3 is 2.70 bits per heavy atom. The van der Waals surface area contributed by atoms with Gasteiger partial charge in [0.05, 0.1) is 0 Å². The summed E-state index contributed by atoms with van der Waals surface area (Å²) in [6.45, 7) is 9.51. The number of carbonyl (C=O) groups is 1. The van der Waals surface area contributed by atoms with Gasteiger partial charge in [-0.15, -0.1) is 0 Å². The van der Waals surface area contributed by atoms with Gasteiger partial charge in [0.15, 0.2) is 0 Å². The standard InChI is InChI=1S/C15H28N4O/c20-15(19-11-5-16-6-12-19)4-10-17-7-2-9-18-8-1-3-14(18)13-17/h14,16H,1-13H2. The molecule has 0 bridgehead atoms. The van der Waals surface area contributed by atoms with Crippen molar-refractivity contribution in [3.05, 3.63) is 0 Å². The highest BCUT2D eigenvalue weighted by Crippen LogP contribution is 2.21. The van der Waals surface area contributed by atoms with E-state index in [9.17, 15) is 4.79 Å². The van der Waals surface area contributed by atoms with Crippen molar-refractivity contribution in [2.45, 2.75) is 31.7 Å². The zero-order valence-electron chi connectivity index (χ0n) is 12.5. The molecule has 0 saturated carbocycles. The van der Waals surface area contributed by atoms with E-state index < -0.39 is 0 Å². The maximum absolute atomic E-state index is 12.2. The molecule has 0 radical (unpaired) electrons. The summed E-state index contributed by atoms with van der Waals surface area (Å²) in [6.07, 6.45) is 4.67. The number of hydrogen-bond acceptors (Lipinski definition) is 4. The molecular weight excluding hydrogens is 252 g/mol. The normalized spacial score (nSPS) is 29.2. The van der Waals surface area contributed by atoms with E-state index in [1.165, 1.54) is 45.4 Å². The van der Waals surface area contributed by atoms with Gasteiger partial charge >= 0.3 is 0 Å². The lowest BCUT2D eigenvalue weighted by Gasteiger charge is -2.29. The quantitative estimate of drug-likeness (QED) is 0.788. The SMILES string of the molecule is O=C(CCN1CCCN2CCCC2C1)N1CCNCC1. The number of hydrogen-bond donors (Lipinski definition) is 1. The Morgan fingerprint density at radius 1 is 1.05 bits per heavy atom. The number of rotatable bonds is 3. The van der Waals surface area contributed by atoms with Gasteiger partial charge < -0.3 is 15.1 Å². The lowest BCUT2D eigenvalue weighted by molar-refractivity contribution is -0.132. The highest BCUT2D eigenvalue weighted by molar-refractivity contribution is 5.76. The molecule has 1 N–H and O–H groups in total. The highest BCUT2D eigenvalue weighted by Gasteiger charge is 2.28. The topological polar surface area (TPSA) is 38.8 Å². The van der Waals surface area contributed by atoms with Gasteiger partial charge in [0.25, 0.3) is 0 Å². The summed E-state index contributed by atoms with van der Waals surface area (Å²) in [5.41, 5.74) is 0. The van der Waals surface area contributed by atoms with Gasteiger partial charge in [-0.25, -0.2) is 0 Å². The fourth-order valence-corrected chi connectivity index (χ4v) is 3.81. The number of nitrogens with zero attached hydrogens (tertiary/aromatic N) is 3. The smallest absolute Gasteiger partial charge is 0.223 e. The Balaban J connectivity index is 1.44. The van der Waals surface area contributed by atoms with Crippen LogP contribution in [0.1, 0.15) is 25.7 Å². The lowest BCUT2D eigenvalue weighted by Crippen LogP contribution is -2.47. The summed E-state index contributed by atoms with van der Waals surface area (Å²) in [4.78, 5) is 19.4. The minimum Gasteiger partial charge on any atom is -0.340 e. The summed E-state index contributed by atoms with van der Waals surface area (Å²) in [5, 5.41) is 3.30. The number of amides is 1. The molecule has 5 heteroatoms. The molecule has 3 aliphatic rings. The number of nitrogens with one attached hydrogen (secondary N) is 1. The fraction of sp³-hybridized carbons (Fsp3) is 0.933. The van der Waals surface area contributed by atoms with Crippen molar-refractivity contribution in [2.75, 3.05) is 58.9 Å². The van der Waals surface area contributed by atoms with E-state index in [0.717, 1.165) is 38.8 Å². The van der Waals surface area contributed by atoms with Gasteiger partial charge in [0.1, 0.15) is 0 Å². The molecule has 1 atom stereocenters. The Labute approximate surface area is 122 Å². The largest absolute Gasteiger partial charge is 0.340 e. The van der Waals surface area contributed by atoms with Crippen molar-refractivity contribution < 1.29 is 4.79 Å². The Kier molecular flexibility index (Phi) is 4.91. The van der Waals surface area contributed by atoms with Crippen LogP contribution in [-0.2, 0) is 4.79 Å². The van der Waals surface area contributed by atoms with Gasteiger partial charge in [-0.2, -0.15) is 0 Å². The summed E-state index contributed by atoms with van der Waals surface area (Å²) >= 11 is 0. The van der Waals surface area contributed by atoms with E-state index in [1.807, 2.05) is 4.90 Å². The summed E-state index contributed by atoms with van der Waals surface area (Å²) in [6, 6.07) is 0.756. The third-order valence-corrected chi connectivity index (χ3v) is 5.00. The zero-order valence-corrected chi connectivity index (χ0v) is 12.5. The van der Waals surface area contributed by atoms with Crippen molar-refractivity contribution in [3.8, 4) is 0 Å². The molecule has 3 saturated heterocycles. The third-order valence-electron chi connectivity index (χ3n) is 5.00. The van der Waals surface area contributed by atoms with E-state index in [0.29, 0.717) is 12.3 Å². The first kappa shape index (κ1) is 14.3. The van der Waals surface area contributed by atoms with Crippen molar-refractivity contribution >= 4 is 5.91 Å².